The highest BCUT2D eigenvalue weighted by Gasteiger charge is 2.18. The minimum Gasteiger partial charge on any atom is -0.436 e. The van der Waals surface area contributed by atoms with Gasteiger partial charge in [0.05, 0.1) is 11.2 Å². The van der Waals surface area contributed by atoms with Crippen LogP contribution < -0.4 is 0 Å². The van der Waals surface area contributed by atoms with Gasteiger partial charge in [-0.15, -0.1) is 0 Å². The van der Waals surface area contributed by atoms with E-state index >= 15 is 0 Å². The van der Waals surface area contributed by atoms with E-state index in [4.69, 9.17) is 29.3 Å². The van der Waals surface area contributed by atoms with Crippen LogP contribution in [-0.4, -0.2) is 24.9 Å². The number of aromatic nitrogens is 5. The van der Waals surface area contributed by atoms with E-state index in [1.807, 2.05) is 109 Å². The number of pyridine rings is 1. The van der Waals surface area contributed by atoms with Gasteiger partial charge in [-0.2, -0.15) is 0 Å². The molecule has 248 valence electrons. The first-order valence-electron chi connectivity index (χ1n) is 17.5. The SMILES string of the molecule is c1ccc(-c2nc(-c3ccccc3)nc(-c3ccc(-c4cccc(-c5nc6ccccc6c6c5ccc5oc(-c7ccccc7)nc56)c4)cc3)n2)cc1. The predicted octanol–water partition coefficient (Wildman–Crippen LogP) is 11.7. The number of rotatable bonds is 6. The van der Waals surface area contributed by atoms with Crippen molar-refractivity contribution in [2.45, 2.75) is 0 Å². The van der Waals surface area contributed by atoms with Gasteiger partial charge in [-0.3, -0.25) is 0 Å². The highest BCUT2D eigenvalue weighted by atomic mass is 16.3. The Morgan fingerprint density at radius 2 is 0.868 bits per heavy atom. The van der Waals surface area contributed by atoms with Gasteiger partial charge in [0.2, 0.25) is 5.89 Å². The van der Waals surface area contributed by atoms with E-state index in [0.717, 1.165) is 77.4 Å². The molecular weight excluding hydrogens is 651 g/mol. The van der Waals surface area contributed by atoms with Gasteiger partial charge >= 0.3 is 0 Å². The normalized spacial score (nSPS) is 11.4. The Balaban J connectivity index is 1.06. The molecule has 0 radical (unpaired) electrons. The van der Waals surface area contributed by atoms with Crippen LogP contribution in [0.2, 0.25) is 0 Å². The van der Waals surface area contributed by atoms with Gasteiger partial charge in [-0.05, 0) is 47.5 Å². The molecule has 0 aliphatic carbocycles. The molecule has 10 rings (SSSR count). The summed E-state index contributed by atoms with van der Waals surface area (Å²) in [6, 6.07) is 59.4. The Morgan fingerprint density at radius 1 is 0.340 bits per heavy atom. The van der Waals surface area contributed by atoms with Crippen LogP contribution in [-0.2, 0) is 0 Å². The zero-order valence-corrected chi connectivity index (χ0v) is 28.4. The molecule has 0 fully saturated rings. The molecule has 0 saturated heterocycles. The van der Waals surface area contributed by atoms with Crippen molar-refractivity contribution in [3.63, 3.8) is 0 Å². The van der Waals surface area contributed by atoms with E-state index in [2.05, 4.69) is 66.7 Å². The number of hydrogen-bond donors (Lipinski definition) is 0. The monoisotopic (exact) mass is 679 g/mol. The Kier molecular flexibility index (Phi) is 7.36. The van der Waals surface area contributed by atoms with Gasteiger partial charge in [0.25, 0.3) is 0 Å². The fourth-order valence-electron chi connectivity index (χ4n) is 6.95. The molecule has 0 aliphatic heterocycles. The molecule has 6 heteroatoms. The van der Waals surface area contributed by atoms with Crippen LogP contribution in [0, 0.1) is 0 Å². The predicted molar refractivity (Wildman–Crippen MR) is 213 cm³/mol. The van der Waals surface area contributed by atoms with Crippen molar-refractivity contribution in [3.8, 4) is 68.0 Å². The molecular formula is C47H29N5O. The third-order valence-corrected chi connectivity index (χ3v) is 9.55. The lowest BCUT2D eigenvalue weighted by Crippen LogP contribution is -2.00. The second kappa shape index (κ2) is 12.8. The van der Waals surface area contributed by atoms with Crippen LogP contribution in [0.4, 0.5) is 0 Å². The van der Waals surface area contributed by atoms with E-state index in [0.29, 0.717) is 23.4 Å². The molecule has 7 aromatic carbocycles. The number of benzene rings is 7. The summed E-state index contributed by atoms with van der Waals surface area (Å²) < 4.78 is 6.29. The summed E-state index contributed by atoms with van der Waals surface area (Å²) in [6.45, 7) is 0. The van der Waals surface area contributed by atoms with E-state index in [-0.39, 0.29) is 0 Å². The lowest BCUT2D eigenvalue weighted by Gasteiger charge is -2.12. The van der Waals surface area contributed by atoms with E-state index in [1.54, 1.807) is 0 Å². The van der Waals surface area contributed by atoms with Crippen molar-refractivity contribution in [2.75, 3.05) is 0 Å². The van der Waals surface area contributed by atoms with Gasteiger partial charge in [0.15, 0.2) is 23.1 Å². The van der Waals surface area contributed by atoms with Gasteiger partial charge < -0.3 is 4.42 Å². The molecule has 0 aliphatic rings. The van der Waals surface area contributed by atoms with Gasteiger partial charge in [-0.25, -0.2) is 24.9 Å². The van der Waals surface area contributed by atoms with Crippen molar-refractivity contribution in [1.82, 2.24) is 24.9 Å². The zero-order chi connectivity index (χ0) is 35.1. The standard InChI is InChI=1S/C47H29N5O/c1-4-13-31(14-5-1)44-50-45(32-15-6-2-7-16-32)52-46(51-44)33-25-23-30(24-26-33)35-19-12-20-36(29-35)42-38-27-28-40-43(41(38)37-21-10-11-22-39(37)48-42)49-47(53-40)34-17-8-3-9-18-34/h1-29H. The lowest BCUT2D eigenvalue weighted by atomic mass is 9.96. The quantitative estimate of drug-likeness (QED) is 0.163. The molecule has 0 atom stereocenters. The minimum atomic E-state index is 0.603. The Morgan fingerprint density at radius 3 is 1.53 bits per heavy atom. The van der Waals surface area contributed by atoms with Crippen molar-refractivity contribution in [2.24, 2.45) is 0 Å². The summed E-state index contributed by atoms with van der Waals surface area (Å²) in [4.78, 5) is 24.9. The van der Waals surface area contributed by atoms with Gasteiger partial charge in [0, 0.05) is 44.0 Å². The van der Waals surface area contributed by atoms with Gasteiger partial charge in [0.1, 0.15) is 5.52 Å². The molecule has 3 heterocycles. The van der Waals surface area contributed by atoms with Gasteiger partial charge in [-0.1, -0.05) is 140 Å². The van der Waals surface area contributed by atoms with E-state index < -0.39 is 0 Å². The number of oxazole rings is 1. The molecule has 10 aromatic rings. The minimum absolute atomic E-state index is 0.603. The second-order valence-electron chi connectivity index (χ2n) is 12.9. The van der Waals surface area contributed by atoms with Crippen LogP contribution in [0.15, 0.2) is 180 Å². The Hall–Kier alpha value is -7.31. The average Bonchev–Trinajstić information content (AvgIpc) is 3.69. The molecule has 6 nitrogen and oxygen atoms in total. The molecule has 0 amide bonds. The summed E-state index contributed by atoms with van der Waals surface area (Å²) in [5, 5.41) is 3.10. The first-order chi connectivity index (χ1) is 26.2. The zero-order valence-electron chi connectivity index (χ0n) is 28.4. The van der Waals surface area contributed by atoms with Crippen molar-refractivity contribution >= 4 is 32.8 Å². The first-order valence-corrected chi connectivity index (χ1v) is 17.5. The third-order valence-electron chi connectivity index (χ3n) is 9.55. The smallest absolute Gasteiger partial charge is 0.227 e. The fraction of sp³-hybridized carbons (Fsp3) is 0. The maximum Gasteiger partial charge on any atom is 0.227 e. The highest BCUT2D eigenvalue weighted by molar-refractivity contribution is 6.20. The number of para-hydroxylation sites is 1. The maximum absolute atomic E-state index is 6.29. The Labute approximate surface area is 305 Å². The molecule has 3 aromatic heterocycles. The summed E-state index contributed by atoms with van der Waals surface area (Å²) in [6.07, 6.45) is 0. The summed E-state index contributed by atoms with van der Waals surface area (Å²) >= 11 is 0. The number of nitrogens with zero attached hydrogens (tertiary/aromatic N) is 5. The second-order valence-corrected chi connectivity index (χ2v) is 12.9. The molecule has 0 N–H and O–H groups in total. The summed E-state index contributed by atoms with van der Waals surface area (Å²) in [7, 11) is 0. The van der Waals surface area contributed by atoms with Crippen LogP contribution in [0.5, 0.6) is 0 Å². The third kappa shape index (κ3) is 5.59. The molecule has 0 unspecified atom stereocenters. The molecule has 53 heavy (non-hydrogen) atoms. The topological polar surface area (TPSA) is 77.6 Å². The summed E-state index contributed by atoms with van der Waals surface area (Å²) in [5.41, 5.74) is 10.3. The van der Waals surface area contributed by atoms with E-state index in [9.17, 15) is 0 Å². The van der Waals surface area contributed by atoms with Crippen LogP contribution >= 0.6 is 0 Å². The Bertz CT molecular complexity index is 2870. The number of hydrogen-bond acceptors (Lipinski definition) is 6. The largest absolute Gasteiger partial charge is 0.436 e. The van der Waals surface area contributed by atoms with E-state index in [1.165, 1.54) is 0 Å². The fourth-order valence-corrected chi connectivity index (χ4v) is 6.95. The first kappa shape index (κ1) is 30.5. The van der Waals surface area contributed by atoms with Crippen LogP contribution in [0.25, 0.3) is 101 Å². The maximum atomic E-state index is 6.29. The van der Waals surface area contributed by atoms with Crippen molar-refractivity contribution < 1.29 is 4.42 Å². The average molecular weight is 680 g/mol. The molecule has 0 saturated carbocycles. The highest BCUT2D eigenvalue weighted by Crippen LogP contribution is 2.39. The molecule has 0 spiro atoms. The number of fused-ring (bicyclic) bond motifs is 5. The van der Waals surface area contributed by atoms with Crippen LogP contribution in [0.3, 0.4) is 0 Å². The van der Waals surface area contributed by atoms with Crippen molar-refractivity contribution in [3.05, 3.63) is 176 Å². The van der Waals surface area contributed by atoms with Crippen LogP contribution in [0.1, 0.15) is 0 Å². The summed E-state index contributed by atoms with van der Waals surface area (Å²) in [5.74, 6) is 2.51. The van der Waals surface area contributed by atoms with Crippen molar-refractivity contribution in [1.29, 1.82) is 0 Å². The lowest BCUT2D eigenvalue weighted by molar-refractivity contribution is 0.620. The molecule has 0 bridgehead atoms.